The van der Waals surface area contributed by atoms with Gasteiger partial charge in [-0.25, -0.2) is 8.78 Å². The predicted octanol–water partition coefficient (Wildman–Crippen LogP) is 2.79. The molecule has 1 amide bonds. The number of benzene rings is 2. The summed E-state index contributed by atoms with van der Waals surface area (Å²) in [6, 6.07) is 11.1. The topological polar surface area (TPSA) is 41.1 Å². The molecule has 21 heavy (non-hydrogen) atoms. The van der Waals surface area contributed by atoms with Gasteiger partial charge in [0, 0.05) is 13.1 Å². The molecule has 1 heterocycles. The molecule has 0 spiro atoms. The minimum absolute atomic E-state index is 0.398. The third-order valence-electron chi connectivity index (χ3n) is 3.62. The summed E-state index contributed by atoms with van der Waals surface area (Å²) in [5.41, 5.74) is 1.52. The Morgan fingerprint density at radius 3 is 2.57 bits per heavy atom. The summed E-state index contributed by atoms with van der Waals surface area (Å²) in [6.45, 7) is 1.13. The number of nitrogens with one attached hydrogen (secondary N) is 2. The van der Waals surface area contributed by atoms with Crippen LogP contribution in [0.4, 0.5) is 14.5 Å². The highest BCUT2D eigenvalue weighted by molar-refractivity contribution is 5.96. The molecule has 0 bridgehead atoms. The molecule has 0 fully saturated rings. The molecular weight excluding hydrogens is 274 g/mol. The van der Waals surface area contributed by atoms with Crippen LogP contribution in [0.15, 0.2) is 42.5 Å². The van der Waals surface area contributed by atoms with Gasteiger partial charge in [0.2, 0.25) is 5.91 Å². The Bertz CT molecular complexity index is 667. The monoisotopic (exact) mass is 288 g/mol. The lowest BCUT2D eigenvalue weighted by molar-refractivity contribution is -0.117. The van der Waals surface area contributed by atoms with Crippen molar-refractivity contribution < 1.29 is 13.6 Å². The maximum absolute atomic E-state index is 13.6. The van der Waals surface area contributed by atoms with Crippen LogP contribution in [0.5, 0.6) is 0 Å². The number of carbonyl (C=O) groups excluding carboxylic acids is 1. The van der Waals surface area contributed by atoms with Crippen LogP contribution in [0, 0.1) is 11.6 Å². The van der Waals surface area contributed by atoms with Crippen molar-refractivity contribution in [1.29, 1.82) is 0 Å². The molecule has 1 atom stereocenters. The Hall–Kier alpha value is -2.27. The first kappa shape index (κ1) is 13.7. The minimum atomic E-state index is -0.777. The van der Waals surface area contributed by atoms with Crippen molar-refractivity contribution in [3.63, 3.8) is 0 Å². The van der Waals surface area contributed by atoms with Gasteiger partial charge in [0.05, 0.1) is 5.92 Å². The van der Waals surface area contributed by atoms with Gasteiger partial charge < -0.3 is 10.6 Å². The average molecular weight is 288 g/mol. The van der Waals surface area contributed by atoms with Crippen molar-refractivity contribution in [2.24, 2.45) is 0 Å². The van der Waals surface area contributed by atoms with Gasteiger partial charge in [0.15, 0.2) is 0 Å². The Labute approximate surface area is 121 Å². The number of amides is 1. The highest BCUT2D eigenvalue weighted by Crippen LogP contribution is 2.26. The van der Waals surface area contributed by atoms with Crippen LogP contribution in [0.1, 0.15) is 17.0 Å². The summed E-state index contributed by atoms with van der Waals surface area (Å²) in [4.78, 5) is 12.4. The third-order valence-corrected chi connectivity index (χ3v) is 3.62. The quantitative estimate of drug-likeness (QED) is 0.892. The van der Waals surface area contributed by atoms with E-state index < -0.39 is 29.1 Å². The molecule has 1 aliphatic heterocycles. The van der Waals surface area contributed by atoms with Gasteiger partial charge in [0.1, 0.15) is 17.3 Å². The van der Waals surface area contributed by atoms with Gasteiger partial charge in [-0.3, -0.25) is 4.79 Å². The van der Waals surface area contributed by atoms with E-state index in [1.165, 1.54) is 6.07 Å². The van der Waals surface area contributed by atoms with Gasteiger partial charge in [0.25, 0.3) is 0 Å². The lowest BCUT2D eigenvalue weighted by atomic mass is 9.90. The van der Waals surface area contributed by atoms with Crippen molar-refractivity contribution in [2.45, 2.75) is 12.5 Å². The Morgan fingerprint density at radius 2 is 1.81 bits per heavy atom. The zero-order chi connectivity index (χ0) is 14.8. The van der Waals surface area contributed by atoms with Crippen LogP contribution >= 0.6 is 0 Å². The van der Waals surface area contributed by atoms with Gasteiger partial charge >= 0.3 is 0 Å². The number of carbonyl (C=O) groups is 1. The van der Waals surface area contributed by atoms with Crippen molar-refractivity contribution in [3.8, 4) is 0 Å². The summed E-state index contributed by atoms with van der Waals surface area (Å²) in [5, 5.41) is 5.50. The smallest absolute Gasteiger partial charge is 0.233 e. The molecule has 1 unspecified atom stereocenters. The first-order valence-corrected chi connectivity index (χ1v) is 6.70. The molecule has 2 aromatic carbocycles. The molecule has 0 saturated heterocycles. The third kappa shape index (κ3) is 2.64. The first-order valence-electron chi connectivity index (χ1n) is 6.70. The number of rotatable bonds is 2. The van der Waals surface area contributed by atoms with Gasteiger partial charge in [-0.1, -0.05) is 30.3 Å². The van der Waals surface area contributed by atoms with E-state index in [2.05, 4.69) is 10.6 Å². The van der Waals surface area contributed by atoms with Crippen LogP contribution in [0.3, 0.4) is 0 Å². The molecule has 3 rings (SSSR count). The first-order chi connectivity index (χ1) is 10.2. The van der Waals surface area contributed by atoms with Crippen LogP contribution in [0.25, 0.3) is 0 Å². The highest BCUT2D eigenvalue weighted by atomic mass is 19.1. The summed E-state index contributed by atoms with van der Waals surface area (Å²) in [7, 11) is 0. The van der Waals surface area contributed by atoms with Crippen molar-refractivity contribution in [3.05, 3.63) is 65.2 Å². The molecule has 3 nitrogen and oxygen atoms in total. The minimum Gasteiger partial charge on any atom is -0.321 e. The summed E-state index contributed by atoms with van der Waals surface area (Å²) >= 11 is 0. The number of hydrogen-bond acceptors (Lipinski definition) is 2. The Kier molecular flexibility index (Phi) is 3.66. The second kappa shape index (κ2) is 5.61. The molecule has 5 heteroatoms. The molecule has 0 radical (unpaired) electrons. The number of anilines is 1. The summed E-state index contributed by atoms with van der Waals surface area (Å²) < 4.78 is 27.2. The largest absolute Gasteiger partial charge is 0.321 e. The molecule has 108 valence electrons. The normalized spacial score (nSPS) is 17.1. The zero-order valence-corrected chi connectivity index (χ0v) is 11.2. The van der Waals surface area contributed by atoms with E-state index >= 15 is 0 Å². The molecule has 2 aromatic rings. The molecular formula is C16H14F2N2O. The zero-order valence-electron chi connectivity index (χ0n) is 11.2. The second-order valence-electron chi connectivity index (χ2n) is 4.97. The lowest BCUT2D eigenvalue weighted by Crippen LogP contribution is -2.35. The molecule has 0 aliphatic carbocycles. The van der Waals surface area contributed by atoms with E-state index in [0.29, 0.717) is 13.1 Å². The van der Waals surface area contributed by atoms with E-state index in [1.54, 1.807) is 0 Å². The average Bonchev–Trinajstić information content (AvgIpc) is 2.50. The van der Waals surface area contributed by atoms with Gasteiger partial charge in [-0.2, -0.15) is 0 Å². The maximum Gasteiger partial charge on any atom is 0.233 e. The fourth-order valence-electron chi connectivity index (χ4n) is 2.56. The van der Waals surface area contributed by atoms with Crippen LogP contribution in [-0.2, 0) is 11.3 Å². The van der Waals surface area contributed by atoms with E-state index in [0.717, 1.165) is 23.3 Å². The number of fused-ring (bicyclic) bond motifs is 1. The van der Waals surface area contributed by atoms with E-state index in [4.69, 9.17) is 0 Å². The Balaban J connectivity index is 1.87. The van der Waals surface area contributed by atoms with Crippen molar-refractivity contribution in [2.75, 3.05) is 11.9 Å². The fraction of sp³-hybridized carbons (Fsp3) is 0.188. The van der Waals surface area contributed by atoms with Gasteiger partial charge in [-0.05, 0) is 23.3 Å². The number of para-hydroxylation sites is 1. The van der Waals surface area contributed by atoms with Gasteiger partial charge in [-0.15, -0.1) is 0 Å². The molecule has 2 N–H and O–H groups in total. The maximum atomic E-state index is 13.6. The standard InChI is InChI=1S/C16H14F2N2O/c17-13-6-3-7-14(18)15(13)20-16(21)12-9-19-8-10-4-1-2-5-11(10)12/h1-7,12,19H,8-9H2,(H,20,21). The van der Waals surface area contributed by atoms with Crippen LogP contribution in [0.2, 0.25) is 0 Å². The summed E-state index contributed by atoms with van der Waals surface area (Å²) in [6.07, 6.45) is 0. The number of hydrogen-bond donors (Lipinski definition) is 2. The molecule has 0 saturated carbocycles. The fourth-order valence-corrected chi connectivity index (χ4v) is 2.56. The highest BCUT2D eigenvalue weighted by Gasteiger charge is 2.27. The van der Waals surface area contributed by atoms with E-state index in [9.17, 15) is 13.6 Å². The van der Waals surface area contributed by atoms with E-state index in [-0.39, 0.29) is 0 Å². The molecule has 1 aliphatic rings. The second-order valence-corrected chi connectivity index (χ2v) is 4.97. The van der Waals surface area contributed by atoms with Crippen molar-refractivity contribution in [1.82, 2.24) is 5.32 Å². The van der Waals surface area contributed by atoms with E-state index in [1.807, 2.05) is 24.3 Å². The SMILES string of the molecule is O=C(Nc1c(F)cccc1F)C1CNCc2ccccc21. The lowest BCUT2D eigenvalue weighted by Gasteiger charge is -2.25. The summed E-state index contributed by atoms with van der Waals surface area (Å²) in [5.74, 6) is -2.44. The predicted molar refractivity (Wildman–Crippen MR) is 75.9 cm³/mol. The Morgan fingerprint density at radius 1 is 1.10 bits per heavy atom. The van der Waals surface area contributed by atoms with Crippen LogP contribution < -0.4 is 10.6 Å². The molecule has 0 aromatic heterocycles. The number of halogens is 2. The van der Waals surface area contributed by atoms with Crippen LogP contribution in [-0.4, -0.2) is 12.5 Å². The van der Waals surface area contributed by atoms with Crippen molar-refractivity contribution >= 4 is 11.6 Å².